The van der Waals surface area contributed by atoms with E-state index in [-0.39, 0.29) is 17.6 Å². The maximum absolute atomic E-state index is 12.1. The average molecular weight is 305 g/mol. The summed E-state index contributed by atoms with van der Waals surface area (Å²) in [7, 11) is 1.70. The minimum atomic E-state index is -0.369. The van der Waals surface area contributed by atoms with Crippen LogP contribution in [0.15, 0.2) is 41.7 Å². The SMILES string of the molecule is CCOC(=O)CCC/C(NC)=C(\N)C(=O)Nc1ccccc1. The highest BCUT2D eigenvalue weighted by atomic mass is 16.5. The van der Waals surface area contributed by atoms with Gasteiger partial charge in [-0.3, -0.25) is 9.59 Å². The fraction of sp³-hybridized carbons (Fsp3) is 0.375. The second-order valence-corrected chi connectivity index (χ2v) is 4.62. The van der Waals surface area contributed by atoms with Crippen molar-refractivity contribution < 1.29 is 14.3 Å². The molecule has 1 aromatic carbocycles. The molecule has 0 fully saturated rings. The predicted octanol–water partition coefficient (Wildman–Crippen LogP) is 1.75. The number of nitrogens with two attached hydrogens (primary N) is 1. The molecule has 6 heteroatoms. The highest BCUT2D eigenvalue weighted by Crippen LogP contribution is 2.11. The topological polar surface area (TPSA) is 93.4 Å². The van der Waals surface area contributed by atoms with Gasteiger partial charge in [-0.2, -0.15) is 0 Å². The summed E-state index contributed by atoms with van der Waals surface area (Å²) < 4.78 is 4.86. The summed E-state index contributed by atoms with van der Waals surface area (Å²) in [6.07, 6.45) is 1.37. The normalized spacial score (nSPS) is 11.4. The van der Waals surface area contributed by atoms with Crippen molar-refractivity contribution in [3.8, 4) is 0 Å². The van der Waals surface area contributed by atoms with Crippen molar-refractivity contribution in [3.63, 3.8) is 0 Å². The lowest BCUT2D eigenvalue weighted by Crippen LogP contribution is -2.26. The lowest BCUT2D eigenvalue weighted by Gasteiger charge is -2.12. The van der Waals surface area contributed by atoms with Crippen LogP contribution in [0, 0.1) is 0 Å². The summed E-state index contributed by atoms with van der Waals surface area (Å²) in [5.41, 5.74) is 7.29. The highest BCUT2D eigenvalue weighted by Gasteiger charge is 2.12. The number of nitrogens with one attached hydrogen (secondary N) is 2. The van der Waals surface area contributed by atoms with Gasteiger partial charge in [0.15, 0.2) is 0 Å². The van der Waals surface area contributed by atoms with Crippen LogP contribution in [0.1, 0.15) is 26.2 Å². The van der Waals surface area contributed by atoms with Gasteiger partial charge in [-0.15, -0.1) is 0 Å². The molecule has 0 aromatic heterocycles. The Morgan fingerprint density at radius 2 is 1.86 bits per heavy atom. The molecule has 1 amide bonds. The van der Waals surface area contributed by atoms with Gasteiger partial charge in [-0.1, -0.05) is 18.2 Å². The molecule has 0 aliphatic heterocycles. The molecule has 120 valence electrons. The Morgan fingerprint density at radius 1 is 1.18 bits per heavy atom. The Kier molecular flexibility index (Phi) is 7.53. The Labute approximate surface area is 130 Å². The van der Waals surface area contributed by atoms with Crippen LogP contribution < -0.4 is 16.4 Å². The van der Waals surface area contributed by atoms with Crippen LogP contribution >= 0.6 is 0 Å². The monoisotopic (exact) mass is 305 g/mol. The van der Waals surface area contributed by atoms with Crippen molar-refractivity contribution in [3.05, 3.63) is 41.7 Å². The predicted molar refractivity (Wildman–Crippen MR) is 85.8 cm³/mol. The van der Waals surface area contributed by atoms with Crippen LogP contribution in [-0.2, 0) is 14.3 Å². The van der Waals surface area contributed by atoms with E-state index in [2.05, 4.69) is 10.6 Å². The van der Waals surface area contributed by atoms with Crippen molar-refractivity contribution in [2.45, 2.75) is 26.2 Å². The Morgan fingerprint density at radius 3 is 2.45 bits per heavy atom. The number of rotatable bonds is 8. The van der Waals surface area contributed by atoms with E-state index in [1.807, 2.05) is 18.2 Å². The molecule has 0 atom stereocenters. The molecule has 0 aliphatic rings. The molecule has 0 saturated carbocycles. The molecule has 22 heavy (non-hydrogen) atoms. The average Bonchev–Trinajstić information content (AvgIpc) is 2.52. The third kappa shape index (κ3) is 5.87. The first-order valence-electron chi connectivity index (χ1n) is 7.26. The molecule has 6 nitrogen and oxygen atoms in total. The number of benzene rings is 1. The van der Waals surface area contributed by atoms with E-state index < -0.39 is 0 Å². The van der Waals surface area contributed by atoms with E-state index in [9.17, 15) is 9.59 Å². The van der Waals surface area contributed by atoms with Crippen LogP contribution in [0.2, 0.25) is 0 Å². The van der Waals surface area contributed by atoms with E-state index in [1.165, 1.54) is 0 Å². The van der Waals surface area contributed by atoms with Crippen LogP contribution in [0.4, 0.5) is 5.69 Å². The van der Waals surface area contributed by atoms with Gasteiger partial charge < -0.3 is 21.1 Å². The maximum Gasteiger partial charge on any atom is 0.305 e. The highest BCUT2D eigenvalue weighted by molar-refractivity contribution is 6.03. The first kappa shape index (κ1) is 17.6. The Hall–Kier alpha value is -2.50. The zero-order chi connectivity index (χ0) is 16.4. The number of anilines is 1. The number of hydrogen-bond acceptors (Lipinski definition) is 5. The molecular weight excluding hydrogens is 282 g/mol. The zero-order valence-electron chi connectivity index (χ0n) is 13.0. The molecule has 1 aromatic rings. The van der Waals surface area contributed by atoms with Gasteiger partial charge in [0.05, 0.1) is 6.61 Å². The summed E-state index contributed by atoms with van der Waals surface area (Å²) in [6.45, 7) is 2.14. The maximum atomic E-state index is 12.1. The molecule has 0 radical (unpaired) electrons. The van der Waals surface area contributed by atoms with Crippen LogP contribution in [0.5, 0.6) is 0 Å². The zero-order valence-corrected chi connectivity index (χ0v) is 13.0. The van der Waals surface area contributed by atoms with Gasteiger partial charge in [-0.05, 0) is 31.9 Å². The number of para-hydroxylation sites is 1. The van der Waals surface area contributed by atoms with E-state index in [1.54, 1.807) is 26.1 Å². The van der Waals surface area contributed by atoms with Gasteiger partial charge >= 0.3 is 5.97 Å². The quantitative estimate of drug-likeness (QED) is 0.502. The van der Waals surface area contributed by atoms with E-state index in [0.717, 1.165) is 0 Å². The molecule has 0 heterocycles. The molecule has 0 spiro atoms. The van der Waals surface area contributed by atoms with Crippen molar-refractivity contribution in [1.82, 2.24) is 5.32 Å². The van der Waals surface area contributed by atoms with Gasteiger partial charge in [-0.25, -0.2) is 0 Å². The van der Waals surface area contributed by atoms with Crippen molar-refractivity contribution in [2.75, 3.05) is 19.0 Å². The standard InChI is InChI=1S/C16H23N3O3/c1-3-22-14(20)11-7-10-13(18-2)15(17)16(21)19-12-8-5-4-6-9-12/h4-6,8-9,18H,3,7,10-11,17H2,1-2H3,(H,19,21)/b15-13+. The van der Waals surface area contributed by atoms with Crippen LogP contribution in [-0.4, -0.2) is 25.5 Å². The number of esters is 1. The smallest absolute Gasteiger partial charge is 0.305 e. The van der Waals surface area contributed by atoms with E-state index in [4.69, 9.17) is 10.5 Å². The first-order chi connectivity index (χ1) is 10.6. The van der Waals surface area contributed by atoms with Crippen molar-refractivity contribution in [2.24, 2.45) is 5.73 Å². The fourth-order valence-electron chi connectivity index (χ4n) is 1.89. The van der Waals surface area contributed by atoms with Crippen molar-refractivity contribution >= 4 is 17.6 Å². The van der Waals surface area contributed by atoms with E-state index in [0.29, 0.717) is 37.3 Å². The number of allylic oxidation sites excluding steroid dienone is 1. The van der Waals surface area contributed by atoms with Crippen LogP contribution in [0.3, 0.4) is 0 Å². The number of carbonyl (C=O) groups excluding carboxylic acids is 2. The van der Waals surface area contributed by atoms with Gasteiger partial charge in [0.25, 0.3) is 5.91 Å². The number of amides is 1. The van der Waals surface area contributed by atoms with Crippen LogP contribution in [0.25, 0.3) is 0 Å². The molecule has 4 N–H and O–H groups in total. The third-order valence-electron chi connectivity index (χ3n) is 3.02. The molecular formula is C16H23N3O3. The summed E-state index contributed by atoms with van der Waals surface area (Å²) in [4.78, 5) is 23.4. The summed E-state index contributed by atoms with van der Waals surface area (Å²) in [6, 6.07) is 9.08. The van der Waals surface area contributed by atoms with Gasteiger partial charge in [0, 0.05) is 24.9 Å². The van der Waals surface area contributed by atoms with Gasteiger partial charge in [0.1, 0.15) is 5.70 Å². The van der Waals surface area contributed by atoms with E-state index >= 15 is 0 Å². The summed E-state index contributed by atoms with van der Waals surface area (Å²) >= 11 is 0. The largest absolute Gasteiger partial charge is 0.466 e. The molecule has 0 unspecified atom stereocenters. The lowest BCUT2D eigenvalue weighted by atomic mass is 10.1. The molecule has 0 saturated heterocycles. The minimum Gasteiger partial charge on any atom is -0.466 e. The molecule has 1 rings (SSSR count). The first-order valence-corrected chi connectivity index (χ1v) is 7.26. The molecule has 0 bridgehead atoms. The molecule has 0 aliphatic carbocycles. The summed E-state index contributed by atoms with van der Waals surface area (Å²) in [5, 5.41) is 5.64. The number of carbonyl (C=O) groups is 2. The second-order valence-electron chi connectivity index (χ2n) is 4.62. The minimum absolute atomic E-state index is 0.121. The lowest BCUT2D eigenvalue weighted by molar-refractivity contribution is -0.143. The Balaban J connectivity index is 2.59. The third-order valence-corrected chi connectivity index (χ3v) is 3.02. The second kappa shape index (κ2) is 9.44. The summed E-state index contributed by atoms with van der Waals surface area (Å²) in [5.74, 6) is -0.614. The Bertz CT molecular complexity index is 527. The number of ether oxygens (including phenoxy) is 1. The fourth-order valence-corrected chi connectivity index (χ4v) is 1.89. The van der Waals surface area contributed by atoms with Crippen molar-refractivity contribution in [1.29, 1.82) is 0 Å². The number of hydrogen-bond donors (Lipinski definition) is 3. The van der Waals surface area contributed by atoms with Gasteiger partial charge in [0.2, 0.25) is 0 Å².